The molecule has 0 spiro atoms. The minimum atomic E-state index is -0.168. The first-order valence-electron chi connectivity index (χ1n) is 13.9. The zero-order valence-electron chi connectivity index (χ0n) is 22.2. The SMILES string of the molecule is CC1CC=CC=C1C(CNc1nc(CNC(=O)NCCN2CCCCC2)cc2[nH]cnc12)c1ccccc1. The van der Waals surface area contributed by atoms with Crippen LogP contribution in [0.4, 0.5) is 10.6 Å². The summed E-state index contributed by atoms with van der Waals surface area (Å²) < 4.78 is 0. The molecular weight excluding hydrogens is 474 g/mol. The average molecular weight is 514 g/mol. The van der Waals surface area contributed by atoms with Crippen molar-refractivity contribution in [2.24, 2.45) is 5.92 Å². The van der Waals surface area contributed by atoms with Gasteiger partial charge in [0.05, 0.1) is 24.1 Å². The van der Waals surface area contributed by atoms with Crippen LogP contribution < -0.4 is 16.0 Å². The molecule has 1 fully saturated rings. The number of allylic oxidation sites excluding steroid dienone is 3. The topological polar surface area (TPSA) is 98.0 Å². The number of rotatable bonds is 10. The predicted molar refractivity (Wildman–Crippen MR) is 153 cm³/mol. The fourth-order valence-corrected chi connectivity index (χ4v) is 5.49. The number of pyridine rings is 1. The molecule has 4 N–H and O–H groups in total. The normalized spacial score (nSPS) is 18.7. The molecule has 3 aromatic rings. The van der Waals surface area contributed by atoms with Crippen LogP contribution in [0, 0.1) is 5.92 Å². The Balaban J connectivity index is 1.24. The maximum atomic E-state index is 12.4. The molecule has 0 radical (unpaired) electrons. The van der Waals surface area contributed by atoms with Gasteiger partial charge in [0.15, 0.2) is 5.82 Å². The number of carbonyl (C=O) groups is 1. The van der Waals surface area contributed by atoms with Crippen molar-refractivity contribution in [3.8, 4) is 0 Å². The van der Waals surface area contributed by atoms with E-state index in [1.165, 1.54) is 30.4 Å². The Morgan fingerprint density at radius 1 is 1.16 bits per heavy atom. The van der Waals surface area contributed by atoms with Crippen molar-refractivity contribution in [3.05, 3.63) is 77.8 Å². The van der Waals surface area contributed by atoms with Gasteiger partial charge in [-0.25, -0.2) is 14.8 Å². The van der Waals surface area contributed by atoms with Crippen LogP contribution in [0.25, 0.3) is 11.0 Å². The molecule has 200 valence electrons. The first kappa shape index (κ1) is 26.0. The van der Waals surface area contributed by atoms with Gasteiger partial charge in [0, 0.05) is 25.6 Å². The molecule has 2 unspecified atom stereocenters. The smallest absolute Gasteiger partial charge is 0.315 e. The Hall–Kier alpha value is -3.65. The number of imidazole rings is 1. The lowest BCUT2D eigenvalue weighted by Gasteiger charge is -2.27. The number of urea groups is 1. The summed E-state index contributed by atoms with van der Waals surface area (Å²) in [5, 5.41) is 9.53. The fraction of sp³-hybridized carbons (Fsp3) is 0.433. The molecule has 3 heterocycles. The molecular formula is C30H39N7O. The number of nitrogens with zero attached hydrogens (tertiary/aromatic N) is 3. The van der Waals surface area contributed by atoms with Crippen LogP contribution in [0.1, 0.15) is 49.8 Å². The van der Waals surface area contributed by atoms with Crippen molar-refractivity contribution in [2.45, 2.75) is 45.1 Å². The average Bonchev–Trinajstić information content (AvgIpc) is 3.43. The van der Waals surface area contributed by atoms with Crippen molar-refractivity contribution in [3.63, 3.8) is 0 Å². The number of aromatic nitrogens is 3. The van der Waals surface area contributed by atoms with E-state index in [2.05, 4.69) is 86.3 Å². The van der Waals surface area contributed by atoms with Gasteiger partial charge in [-0.15, -0.1) is 0 Å². The summed E-state index contributed by atoms with van der Waals surface area (Å²) in [6.45, 7) is 7.14. The van der Waals surface area contributed by atoms with Gasteiger partial charge in [0.1, 0.15) is 5.52 Å². The zero-order chi connectivity index (χ0) is 26.2. The minimum Gasteiger partial charge on any atom is -0.367 e. The van der Waals surface area contributed by atoms with E-state index in [0.717, 1.165) is 48.6 Å². The maximum absolute atomic E-state index is 12.4. The summed E-state index contributed by atoms with van der Waals surface area (Å²) in [6, 6.07) is 12.4. The summed E-state index contributed by atoms with van der Waals surface area (Å²) >= 11 is 0. The van der Waals surface area contributed by atoms with E-state index < -0.39 is 0 Å². The van der Waals surface area contributed by atoms with Crippen LogP contribution in [-0.2, 0) is 6.54 Å². The molecule has 1 saturated heterocycles. The highest BCUT2D eigenvalue weighted by molar-refractivity contribution is 5.86. The van der Waals surface area contributed by atoms with Gasteiger partial charge in [-0.05, 0) is 49.9 Å². The third kappa shape index (κ3) is 6.61. The van der Waals surface area contributed by atoms with E-state index in [1.807, 2.05) is 6.07 Å². The van der Waals surface area contributed by atoms with E-state index in [-0.39, 0.29) is 11.9 Å². The number of fused-ring (bicyclic) bond motifs is 1. The number of carbonyl (C=O) groups excluding carboxylic acids is 1. The van der Waals surface area contributed by atoms with Crippen molar-refractivity contribution >= 4 is 22.9 Å². The van der Waals surface area contributed by atoms with Gasteiger partial charge in [0.2, 0.25) is 0 Å². The molecule has 2 aromatic heterocycles. The minimum absolute atomic E-state index is 0.168. The highest BCUT2D eigenvalue weighted by Crippen LogP contribution is 2.34. The lowest BCUT2D eigenvalue weighted by atomic mass is 9.80. The van der Waals surface area contributed by atoms with E-state index in [4.69, 9.17) is 4.98 Å². The van der Waals surface area contributed by atoms with Crippen LogP contribution in [0.15, 0.2) is 66.5 Å². The van der Waals surface area contributed by atoms with Crippen LogP contribution in [0.5, 0.6) is 0 Å². The van der Waals surface area contributed by atoms with Crippen molar-refractivity contribution in [1.29, 1.82) is 0 Å². The predicted octanol–water partition coefficient (Wildman–Crippen LogP) is 4.96. The van der Waals surface area contributed by atoms with Crippen molar-refractivity contribution in [1.82, 2.24) is 30.5 Å². The van der Waals surface area contributed by atoms with Gasteiger partial charge >= 0.3 is 6.03 Å². The molecule has 2 atom stereocenters. The van der Waals surface area contributed by atoms with Crippen molar-refractivity contribution < 1.29 is 4.79 Å². The number of likely N-dealkylation sites (tertiary alicyclic amines) is 1. The number of aromatic amines is 1. The van der Waals surface area contributed by atoms with E-state index in [9.17, 15) is 4.79 Å². The second-order valence-electron chi connectivity index (χ2n) is 10.3. The van der Waals surface area contributed by atoms with Gasteiger partial charge in [-0.2, -0.15) is 0 Å². The second-order valence-corrected chi connectivity index (χ2v) is 10.3. The first-order valence-corrected chi connectivity index (χ1v) is 13.9. The Morgan fingerprint density at radius 2 is 2.00 bits per heavy atom. The molecule has 1 aliphatic carbocycles. The summed E-state index contributed by atoms with van der Waals surface area (Å²) in [4.78, 5) is 27.4. The van der Waals surface area contributed by atoms with Gasteiger partial charge < -0.3 is 25.8 Å². The Bertz CT molecular complexity index is 1260. The van der Waals surface area contributed by atoms with Crippen LogP contribution in [0.3, 0.4) is 0 Å². The van der Waals surface area contributed by atoms with Gasteiger partial charge in [-0.1, -0.05) is 67.5 Å². The third-order valence-electron chi connectivity index (χ3n) is 7.61. The molecule has 8 heteroatoms. The van der Waals surface area contributed by atoms with E-state index >= 15 is 0 Å². The number of hydrogen-bond donors (Lipinski definition) is 4. The number of nitrogens with one attached hydrogen (secondary N) is 4. The number of hydrogen-bond acceptors (Lipinski definition) is 5. The monoisotopic (exact) mass is 513 g/mol. The van der Waals surface area contributed by atoms with Crippen LogP contribution in [0.2, 0.25) is 0 Å². The summed E-state index contributed by atoms with van der Waals surface area (Å²) in [5.74, 6) is 1.43. The zero-order valence-corrected chi connectivity index (χ0v) is 22.2. The largest absolute Gasteiger partial charge is 0.367 e. The molecule has 0 bridgehead atoms. The number of anilines is 1. The molecule has 5 rings (SSSR count). The Kier molecular flexibility index (Phi) is 8.71. The molecule has 1 aliphatic heterocycles. The maximum Gasteiger partial charge on any atom is 0.315 e. The standard InChI is InChI=1S/C30H39N7O/c1-22-10-6-7-13-25(22)26(23-11-4-2-5-12-23)20-32-29-28-27(34-21-35-28)18-24(36-29)19-33-30(38)31-14-17-37-15-8-3-9-16-37/h2,4-7,11-13,18,21-22,26H,3,8-10,14-17,19-20H2,1H3,(H,32,36)(H,34,35)(H2,31,33,38). The van der Waals surface area contributed by atoms with Crippen LogP contribution >= 0.6 is 0 Å². The summed E-state index contributed by atoms with van der Waals surface area (Å²) in [5.41, 5.74) is 5.18. The molecule has 2 amide bonds. The number of benzene rings is 1. The van der Waals surface area contributed by atoms with E-state index in [0.29, 0.717) is 25.6 Å². The second kappa shape index (κ2) is 12.7. The quantitative estimate of drug-likeness (QED) is 0.307. The molecule has 8 nitrogen and oxygen atoms in total. The van der Waals surface area contributed by atoms with Crippen molar-refractivity contribution in [2.75, 3.05) is 38.0 Å². The Labute approximate surface area is 225 Å². The highest BCUT2D eigenvalue weighted by Gasteiger charge is 2.23. The van der Waals surface area contributed by atoms with E-state index in [1.54, 1.807) is 6.33 Å². The lowest BCUT2D eigenvalue weighted by molar-refractivity contribution is 0.220. The summed E-state index contributed by atoms with van der Waals surface area (Å²) in [7, 11) is 0. The Morgan fingerprint density at radius 3 is 2.82 bits per heavy atom. The highest BCUT2D eigenvalue weighted by atomic mass is 16.2. The summed E-state index contributed by atoms with van der Waals surface area (Å²) in [6.07, 6.45) is 13.2. The molecule has 0 saturated carbocycles. The van der Waals surface area contributed by atoms with Crippen LogP contribution in [-0.4, -0.2) is 58.6 Å². The number of amides is 2. The molecule has 1 aromatic carbocycles. The number of H-pyrrole nitrogens is 1. The molecule has 38 heavy (non-hydrogen) atoms. The number of piperidine rings is 1. The first-order chi connectivity index (χ1) is 18.7. The molecule has 2 aliphatic rings. The lowest BCUT2D eigenvalue weighted by Crippen LogP contribution is -2.41. The van der Waals surface area contributed by atoms with Gasteiger partial charge in [0.25, 0.3) is 0 Å². The van der Waals surface area contributed by atoms with Gasteiger partial charge in [-0.3, -0.25) is 0 Å². The fourth-order valence-electron chi connectivity index (χ4n) is 5.49. The third-order valence-corrected chi connectivity index (χ3v) is 7.61.